The van der Waals surface area contributed by atoms with Crippen molar-refractivity contribution >= 4 is 23.1 Å². The van der Waals surface area contributed by atoms with E-state index in [2.05, 4.69) is 57.6 Å². The van der Waals surface area contributed by atoms with Gasteiger partial charge in [-0.2, -0.15) is 0 Å². The number of nitrogens with zero attached hydrogens (tertiary/aromatic N) is 2. The largest absolute Gasteiger partial charge is 0.369 e. The van der Waals surface area contributed by atoms with Crippen LogP contribution in [-0.4, -0.2) is 42.8 Å². The second-order valence-corrected chi connectivity index (χ2v) is 8.62. The zero-order chi connectivity index (χ0) is 20.9. The van der Waals surface area contributed by atoms with Gasteiger partial charge in [0.05, 0.1) is 0 Å². The Morgan fingerprint density at radius 3 is 2.37 bits per heavy atom. The van der Waals surface area contributed by atoms with Crippen LogP contribution in [-0.2, 0) is 16.1 Å². The molecular formula is C25H31N3O2. The van der Waals surface area contributed by atoms with Crippen LogP contribution in [0.25, 0.3) is 0 Å². The first-order chi connectivity index (χ1) is 14.6. The zero-order valence-corrected chi connectivity index (χ0v) is 17.7. The highest BCUT2D eigenvalue weighted by molar-refractivity contribution is 5.94. The molecule has 4 rings (SSSR count). The van der Waals surface area contributed by atoms with Gasteiger partial charge >= 0.3 is 0 Å². The number of hydrogen-bond donors (Lipinski definition) is 1. The number of benzene rings is 2. The first-order valence-electron chi connectivity index (χ1n) is 11.0. The smallest absolute Gasteiger partial charge is 0.227 e. The molecule has 1 aliphatic heterocycles. The molecule has 1 heterocycles. The molecule has 2 aliphatic rings. The third-order valence-electron chi connectivity index (χ3n) is 6.42. The molecule has 5 heteroatoms. The van der Waals surface area contributed by atoms with Crippen LogP contribution in [0.5, 0.6) is 0 Å². The Hall–Kier alpha value is -2.66. The molecule has 1 saturated heterocycles. The zero-order valence-electron chi connectivity index (χ0n) is 17.7. The van der Waals surface area contributed by atoms with E-state index in [1.165, 1.54) is 11.3 Å². The minimum absolute atomic E-state index is 0.00238. The lowest BCUT2D eigenvalue weighted by molar-refractivity contribution is -0.128. The van der Waals surface area contributed by atoms with E-state index in [1.54, 1.807) is 0 Å². The van der Waals surface area contributed by atoms with Crippen molar-refractivity contribution in [2.24, 2.45) is 11.8 Å². The summed E-state index contributed by atoms with van der Waals surface area (Å²) in [5, 5.41) is 3.03. The van der Waals surface area contributed by atoms with Crippen LogP contribution >= 0.6 is 0 Å². The van der Waals surface area contributed by atoms with Gasteiger partial charge in [0.15, 0.2) is 0 Å². The van der Waals surface area contributed by atoms with Crippen LogP contribution in [0.15, 0.2) is 54.6 Å². The standard InChI is InChI=1S/C25H31N3O2/c1-19-17-21(7-12-24(19)29)25(30)26-22-8-10-23(11-9-22)28-15-13-27(14-16-28)18-20-5-3-2-4-6-20/h2-6,8-11,19,21H,7,12-18H2,1H3,(H,26,30)/t19-,21-/m1/s1. The summed E-state index contributed by atoms with van der Waals surface area (Å²) >= 11 is 0. The molecule has 1 aliphatic carbocycles. The maximum atomic E-state index is 12.6. The molecule has 1 saturated carbocycles. The molecule has 0 aromatic heterocycles. The number of rotatable bonds is 5. The number of carbonyl (C=O) groups is 2. The third kappa shape index (κ3) is 5.08. The Balaban J connectivity index is 1.27. The number of amides is 1. The summed E-state index contributed by atoms with van der Waals surface area (Å²) in [5.74, 6) is 0.261. The van der Waals surface area contributed by atoms with Crippen molar-refractivity contribution in [1.29, 1.82) is 0 Å². The molecule has 1 N–H and O–H groups in total. The molecule has 2 aromatic carbocycles. The van der Waals surface area contributed by atoms with Gasteiger partial charge in [0.25, 0.3) is 0 Å². The first kappa shape index (κ1) is 20.6. The minimum atomic E-state index is -0.0601. The van der Waals surface area contributed by atoms with E-state index >= 15 is 0 Å². The molecule has 0 bridgehead atoms. The highest BCUT2D eigenvalue weighted by atomic mass is 16.2. The van der Waals surface area contributed by atoms with Crippen LogP contribution in [0.1, 0.15) is 31.7 Å². The lowest BCUT2D eigenvalue weighted by Gasteiger charge is -2.36. The van der Waals surface area contributed by atoms with E-state index in [1.807, 2.05) is 19.1 Å². The van der Waals surface area contributed by atoms with Crippen LogP contribution < -0.4 is 10.2 Å². The lowest BCUT2D eigenvalue weighted by Crippen LogP contribution is -2.45. The number of carbonyl (C=O) groups excluding carboxylic acids is 2. The van der Waals surface area contributed by atoms with Crippen LogP contribution in [0, 0.1) is 11.8 Å². The Kier molecular flexibility index (Phi) is 6.48. The number of hydrogen-bond acceptors (Lipinski definition) is 4. The minimum Gasteiger partial charge on any atom is -0.369 e. The Morgan fingerprint density at radius 1 is 1.00 bits per heavy atom. The second-order valence-electron chi connectivity index (χ2n) is 8.62. The fourth-order valence-electron chi connectivity index (χ4n) is 4.48. The predicted octanol–water partition coefficient (Wildman–Crippen LogP) is 3.95. The quantitative estimate of drug-likeness (QED) is 0.818. The van der Waals surface area contributed by atoms with E-state index in [-0.39, 0.29) is 23.5 Å². The predicted molar refractivity (Wildman–Crippen MR) is 121 cm³/mol. The normalized spacial score (nSPS) is 22.7. The van der Waals surface area contributed by atoms with Gasteiger partial charge < -0.3 is 10.2 Å². The summed E-state index contributed by atoms with van der Waals surface area (Å²) in [4.78, 5) is 29.1. The molecular weight excluding hydrogens is 374 g/mol. The van der Waals surface area contributed by atoms with Crippen LogP contribution in [0.4, 0.5) is 11.4 Å². The lowest BCUT2D eigenvalue weighted by atomic mass is 9.81. The van der Waals surface area contributed by atoms with Gasteiger partial charge in [0, 0.05) is 62.4 Å². The summed E-state index contributed by atoms with van der Waals surface area (Å²) in [5.41, 5.74) is 3.39. The van der Waals surface area contributed by atoms with Gasteiger partial charge in [-0.1, -0.05) is 37.3 Å². The van der Waals surface area contributed by atoms with Crippen LogP contribution in [0.2, 0.25) is 0 Å². The Morgan fingerprint density at radius 2 is 1.70 bits per heavy atom. The van der Waals surface area contributed by atoms with Gasteiger partial charge in [-0.05, 0) is 42.7 Å². The number of Topliss-reactive ketones (excluding diaryl/α,β-unsaturated/α-hetero) is 1. The molecule has 2 aromatic rings. The van der Waals surface area contributed by atoms with E-state index in [0.717, 1.165) is 38.4 Å². The van der Waals surface area contributed by atoms with Crippen molar-refractivity contribution in [2.75, 3.05) is 36.4 Å². The summed E-state index contributed by atoms with van der Waals surface area (Å²) in [6, 6.07) is 18.8. The van der Waals surface area contributed by atoms with Gasteiger partial charge in [0.1, 0.15) is 5.78 Å². The third-order valence-corrected chi connectivity index (χ3v) is 6.42. The highest BCUT2D eigenvalue weighted by Crippen LogP contribution is 2.28. The van der Waals surface area contributed by atoms with E-state index in [9.17, 15) is 9.59 Å². The fraction of sp³-hybridized carbons (Fsp3) is 0.440. The summed E-state index contributed by atoms with van der Waals surface area (Å²) in [6.07, 6.45) is 1.85. The molecule has 0 unspecified atom stereocenters. The molecule has 2 atom stereocenters. The van der Waals surface area contributed by atoms with E-state index < -0.39 is 0 Å². The number of ketones is 1. The van der Waals surface area contributed by atoms with E-state index in [0.29, 0.717) is 19.3 Å². The molecule has 1 amide bonds. The molecule has 2 fully saturated rings. The topological polar surface area (TPSA) is 52.7 Å². The number of piperazine rings is 1. The molecule has 0 spiro atoms. The second kappa shape index (κ2) is 9.43. The highest BCUT2D eigenvalue weighted by Gasteiger charge is 2.30. The summed E-state index contributed by atoms with van der Waals surface area (Å²) in [7, 11) is 0. The average Bonchev–Trinajstić information content (AvgIpc) is 2.77. The fourth-order valence-corrected chi connectivity index (χ4v) is 4.48. The maximum absolute atomic E-state index is 12.6. The van der Waals surface area contributed by atoms with Crippen molar-refractivity contribution in [3.63, 3.8) is 0 Å². The van der Waals surface area contributed by atoms with Crippen molar-refractivity contribution in [3.05, 3.63) is 60.2 Å². The Bertz CT molecular complexity index is 858. The van der Waals surface area contributed by atoms with Gasteiger partial charge in [-0.3, -0.25) is 14.5 Å². The SMILES string of the molecule is C[C@@H]1C[C@H](C(=O)Nc2ccc(N3CCN(Cc4ccccc4)CC3)cc2)CCC1=O. The van der Waals surface area contributed by atoms with Gasteiger partial charge in [-0.15, -0.1) is 0 Å². The van der Waals surface area contributed by atoms with Crippen molar-refractivity contribution in [2.45, 2.75) is 32.7 Å². The maximum Gasteiger partial charge on any atom is 0.227 e. The molecule has 158 valence electrons. The van der Waals surface area contributed by atoms with Crippen molar-refractivity contribution < 1.29 is 9.59 Å². The molecule has 30 heavy (non-hydrogen) atoms. The first-order valence-corrected chi connectivity index (χ1v) is 11.0. The molecule has 0 radical (unpaired) electrons. The number of nitrogens with one attached hydrogen (secondary N) is 1. The Labute approximate surface area is 179 Å². The van der Waals surface area contributed by atoms with Crippen LogP contribution in [0.3, 0.4) is 0 Å². The number of anilines is 2. The van der Waals surface area contributed by atoms with Crippen molar-refractivity contribution in [1.82, 2.24) is 4.90 Å². The summed E-state index contributed by atoms with van der Waals surface area (Å²) < 4.78 is 0. The van der Waals surface area contributed by atoms with Gasteiger partial charge in [-0.25, -0.2) is 0 Å². The van der Waals surface area contributed by atoms with Gasteiger partial charge in [0.2, 0.25) is 5.91 Å². The monoisotopic (exact) mass is 405 g/mol. The molecule has 5 nitrogen and oxygen atoms in total. The van der Waals surface area contributed by atoms with E-state index in [4.69, 9.17) is 0 Å². The average molecular weight is 406 g/mol. The van der Waals surface area contributed by atoms with Crippen molar-refractivity contribution in [3.8, 4) is 0 Å². The summed E-state index contributed by atoms with van der Waals surface area (Å²) in [6.45, 7) is 7.04.